The molecule has 2 rings (SSSR count). The molecule has 0 nitrogen and oxygen atoms in total. The van der Waals surface area contributed by atoms with Crippen molar-refractivity contribution in [2.24, 2.45) is 0 Å². The van der Waals surface area contributed by atoms with E-state index in [1.54, 1.807) is 0 Å². The maximum atomic E-state index is 2.14. The monoisotopic (exact) mass is 174 g/mol. The summed E-state index contributed by atoms with van der Waals surface area (Å²) >= 11 is 4.28. The molecule has 2 aliphatic rings. The molecule has 2 heterocycles. The third kappa shape index (κ3) is 2.75. The van der Waals surface area contributed by atoms with Crippen LogP contribution < -0.4 is 0 Å². The van der Waals surface area contributed by atoms with Crippen LogP contribution >= 0.6 is 23.5 Å². The zero-order chi connectivity index (χ0) is 6.81. The van der Waals surface area contributed by atoms with Crippen LogP contribution in [-0.4, -0.2) is 22.0 Å². The summed E-state index contributed by atoms with van der Waals surface area (Å²) in [6, 6.07) is 0. The SMILES string of the molecule is C(CCC1CS1)CC1CS1. The highest BCUT2D eigenvalue weighted by Crippen LogP contribution is 2.37. The van der Waals surface area contributed by atoms with E-state index < -0.39 is 0 Å². The Morgan fingerprint density at radius 2 is 1.30 bits per heavy atom. The maximum absolute atomic E-state index is 2.14. The first-order valence-corrected chi connectivity index (χ1v) is 6.28. The summed E-state index contributed by atoms with van der Waals surface area (Å²) in [4.78, 5) is 0. The summed E-state index contributed by atoms with van der Waals surface area (Å²) in [5, 5.41) is 2.15. The van der Waals surface area contributed by atoms with E-state index in [9.17, 15) is 0 Å². The topological polar surface area (TPSA) is 0 Å². The third-order valence-corrected chi connectivity index (χ3v) is 4.19. The molecule has 0 aromatic carbocycles. The van der Waals surface area contributed by atoms with Gasteiger partial charge in [-0.05, 0) is 12.8 Å². The molecule has 2 unspecified atom stereocenters. The van der Waals surface area contributed by atoms with E-state index in [1.807, 2.05) is 0 Å². The van der Waals surface area contributed by atoms with Crippen molar-refractivity contribution < 1.29 is 0 Å². The van der Waals surface area contributed by atoms with Gasteiger partial charge in [-0.15, -0.1) is 0 Å². The average molecular weight is 174 g/mol. The van der Waals surface area contributed by atoms with Gasteiger partial charge in [0.05, 0.1) is 0 Å². The van der Waals surface area contributed by atoms with Gasteiger partial charge in [0.25, 0.3) is 0 Å². The molecule has 2 heteroatoms. The summed E-state index contributed by atoms with van der Waals surface area (Å²) in [7, 11) is 0. The number of hydrogen-bond donors (Lipinski definition) is 0. The second kappa shape index (κ2) is 3.40. The molecule has 2 aliphatic heterocycles. The van der Waals surface area contributed by atoms with Gasteiger partial charge in [0.2, 0.25) is 0 Å². The molecular weight excluding hydrogens is 160 g/mol. The van der Waals surface area contributed by atoms with E-state index >= 15 is 0 Å². The highest BCUT2D eigenvalue weighted by Gasteiger charge is 2.23. The zero-order valence-electron chi connectivity index (χ0n) is 6.21. The second-order valence-corrected chi connectivity index (χ2v) is 5.86. The highest BCUT2D eigenvalue weighted by molar-refractivity contribution is 8.07. The molecule has 2 fully saturated rings. The number of hydrogen-bond acceptors (Lipinski definition) is 2. The molecule has 0 saturated carbocycles. The van der Waals surface area contributed by atoms with Crippen molar-refractivity contribution in [2.45, 2.75) is 36.2 Å². The van der Waals surface area contributed by atoms with E-state index in [-0.39, 0.29) is 0 Å². The lowest BCUT2D eigenvalue weighted by Gasteiger charge is -1.95. The van der Waals surface area contributed by atoms with E-state index in [0.717, 1.165) is 10.5 Å². The predicted molar refractivity (Wildman–Crippen MR) is 51.0 cm³/mol. The first kappa shape index (κ1) is 7.35. The summed E-state index contributed by atoms with van der Waals surface area (Å²) in [5.41, 5.74) is 0. The van der Waals surface area contributed by atoms with Crippen LogP contribution in [-0.2, 0) is 0 Å². The Labute approximate surface area is 71.5 Å². The molecule has 0 spiro atoms. The van der Waals surface area contributed by atoms with Crippen LogP contribution in [0.4, 0.5) is 0 Å². The Bertz CT molecular complexity index is 91.8. The van der Waals surface area contributed by atoms with Crippen molar-refractivity contribution in [3.63, 3.8) is 0 Å². The molecule has 58 valence electrons. The van der Waals surface area contributed by atoms with Crippen molar-refractivity contribution in [1.82, 2.24) is 0 Å². The molecule has 0 radical (unpaired) electrons. The molecular formula is C8H14S2. The van der Waals surface area contributed by atoms with Gasteiger partial charge in [0.1, 0.15) is 0 Å². The van der Waals surface area contributed by atoms with Crippen LogP contribution in [0.25, 0.3) is 0 Å². The number of rotatable bonds is 5. The van der Waals surface area contributed by atoms with Gasteiger partial charge in [0.15, 0.2) is 0 Å². The largest absolute Gasteiger partial charge is 0.157 e. The second-order valence-electron chi connectivity index (χ2n) is 3.20. The van der Waals surface area contributed by atoms with E-state index in [1.165, 1.54) is 37.2 Å². The smallest absolute Gasteiger partial charge is 0.0138 e. The average Bonchev–Trinajstić information content (AvgIpc) is 2.77. The molecule has 0 N–H and O–H groups in total. The fraction of sp³-hybridized carbons (Fsp3) is 1.00. The number of unbranched alkanes of at least 4 members (excludes halogenated alkanes) is 1. The summed E-state index contributed by atoms with van der Waals surface area (Å²) < 4.78 is 0. The Kier molecular flexibility index (Phi) is 2.50. The van der Waals surface area contributed by atoms with Crippen LogP contribution in [0.15, 0.2) is 0 Å². The van der Waals surface area contributed by atoms with Crippen LogP contribution in [0.5, 0.6) is 0 Å². The molecule has 0 bridgehead atoms. The molecule has 10 heavy (non-hydrogen) atoms. The minimum absolute atomic E-state index is 1.08. The lowest BCUT2D eigenvalue weighted by Crippen LogP contribution is -1.87. The Morgan fingerprint density at radius 3 is 1.60 bits per heavy atom. The summed E-state index contributed by atoms with van der Waals surface area (Å²) in [5.74, 6) is 2.91. The van der Waals surface area contributed by atoms with Crippen molar-refractivity contribution in [2.75, 3.05) is 11.5 Å². The maximum Gasteiger partial charge on any atom is 0.0138 e. The minimum atomic E-state index is 1.08. The zero-order valence-corrected chi connectivity index (χ0v) is 7.85. The lowest BCUT2D eigenvalue weighted by atomic mass is 10.1. The van der Waals surface area contributed by atoms with Crippen LogP contribution in [0.3, 0.4) is 0 Å². The van der Waals surface area contributed by atoms with Crippen molar-refractivity contribution in [3.8, 4) is 0 Å². The molecule has 0 amide bonds. The van der Waals surface area contributed by atoms with E-state index in [2.05, 4.69) is 23.5 Å². The van der Waals surface area contributed by atoms with Gasteiger partial charge in [0, 0.05) is 22.0 Å². The van der Waals surface area contributed by atoms with E-state index in [0.29, 0.717) is 0 Å². The Hall–Kier alpha value is 0.700. The first-order chi connectivity index (χ1) is 4.95. The quantitative estimate of drug-likeness (QED) is 0.464. The van der Waals surface area contributed by atoms with Crippen molar-refractivity contribution in [1.29, 1.82) is 0 Å². The Balaban J connectivity index is 1.40. The fourth-order valence-electron chi connectivity index (χ4n) is 1.21. The van der Waals surface area contributed by atoms with Crippen LogP contribution in [0.1, 0.15) is 25.7 Å². The molecule has 2 saturated heterocycles. The predicted octanol–water partition coefficient (Wildman–Crippen LogP) is 2.78. The fourth-order valence-corrected chi connectivity index (χ4v) is 2.49. The Morgan fingerprint density at radius 1 is 0.900 bits per heavy atom. The summed E-state index contributed by atoms with van der Waals surface area (Å²) in [6.45, 7) is 0. The first-order valence-electron chi connectivity index (χ1n) is 4.18. The van der Waals surface area contributed by atoms with Crippen molar-refractivity contribution in [3.05, 3.63) is 0 Å². The van der Waals surface area contributed by atoms with Gasteiger partial charge >= 0.3 is 0 Å². The summed E-state index contributed by atoms with van der Waals surface area (Å²) in [6.07, 6.45) is 5.99. The van der Waals surface area contributed by atoms with Crippen LogP contribution in [0.2, 0.25) is 0 Å². The normalized spacial score (nSPS) is 36.0. The minimum Gasteiger partial charge on any atom is -0.157 e. The molecule has 0 aromatic heterocycles. The van der Waals surface area contributed by atoms with Crippen molar-refractivity contribution >= 4 is 23.5 Å². The van der Waals surface area contributed by atoms with E-state index in [4.69, 9.17) is 0 Å². The highest BCUT2D eigenvalue weighted by atomic mass is 32.2. The number of thioether (sulfide) groups is 2. The van der Waals surface area contributed by atoms with Gasteiger partial charge in [-0.1, -0.05) is 12.8 Å². The molecule has 2 atom stereocenters. The molecule has 0 aromatic rings. The van der Waals surface area contributed by atoms with Gasteiger partial charge in [-0.25, -0.2) is 0 Å². The lowest BCUT2D eigenvalue weighted by molar-refractivity contribution is 0.665. The standard InChI is InChI=1S/C8H14S2/c1(3-7-5-9-7)2-4-8-6-10-8/h7-8H,1-6H2. The van der Waals surface area contributed by atoms with Crippen LogP contribution in [0, 0.1) is 0 Å². The van der Waals surface area contributed by atoms with Gasteiger partial charge < -0.3 is 0 Å². The molecule has 0 aliphatic carbocycles. The van der Waals surface area contributed by atoms with Gasteiger partial charge in [-0.3, -0.25) is 0 Å². The third-order valence-electron chi connectivity index (χ3n) is 2.11. The van der Waals surface area contributed by atoms with Gasteiger partial charge in [-0.2, -0.15) is 23.5 Å².